The van der Waals surface area contributed by atoms with Crippen LogP contribution in [0.15, 0.2) is 70.1 Å². The van der Waals surface area contributed by atoms with Crippen LogP contribution >= 0.6 is 0 Å². The minimum Gasteiger partial charge on any atom is -0.333 e. The van der Waals surface area contributed by atoms with Crippen LogP contribution in [0, 0.1) is 27.7 Å². The van der Waals surface area contributed by atoms with Crippen LogP contribution in [0.3, 0.4) is 0 Å². The summed E-state index contributed by atoms with van der Waals surface area (Å²) in [6.07, 6.45) is 1.56. The molecule has 5 aromatic rings. The molecule has 3 heterocycles. The number of hydrogen-bond donors (Lipinski definition) is 1. The number of amides is 1. The molecule has 0 spiro atoms. The Bertz CT molecular complexity index is 1670. The molecule has 0 unspecified atom stereocenters. The number of benzene rings is 2. The van der Waals surface area contributed by atoms with Crippen LogP contribution in [-0.4, -0.2) is 25.6 Å². The summed E-state index contributed by atoms with van der Waals surface area (Å²) in [6, 6.07) is 16.9. The van der Waals surface area contributed by atoms with E-state index >= 15 is 0 Å². The molecule has 2 aromatic carbocycles. The molecule has 1 amide bonds. The van der Waals surface area contributed by atoms with Gasteiger partial charge in [0.1, 0.15) is 17.8 Å². The van der Waals surface area contributed by atoms with Gasteiger partial charge in [0.2, 0.25) is 17.2 Å². The number of fused-ring (bicyclic) bond motifs is 1. The number of rotatable bonds is 5. The fraction of sp³-hybridized carbons (Fsp3) is 0.179. The topological polar surface area (TPSA) is 103 Å². The predicted molar refractivity (Wildman–Crippen MR) is 139 cm³/mol. The summed E-state index contributed by atoms with van der Waals surface area (Å²) >= 11 is 0. The maximum absolute atomic E-state index is 13.3. The van der Waals surface area contributed by atoms with E-state index in [4.69, 9.17) is 4.52 Å². The summed E-state index contributed by atoms with van der Waals surface area (Å²) in [7, 11) is 0. The third-order valence-electron chi connectivity index (χ3n) is 6.13. The van der Waals surface area contributed by atoms with Crippen molar-refractivity contribution in [1.82, 2.24) is 19.7 Å². The summed E-state index contributed by atoms with van der Waals surface area (Å²) in [5.41, 5.74) is 5.89. The molecule has 0 fully saturated rings. The third kappa shape index (κ3) is 4.53. The largest absolute Gasteiger partial charge is 0.333 e. The highest BCUT2D eigenvalue weighted by molar-refractivity contribution is 5.92. The van der Waals surface area contributed by atoms with E-state index < -0.39 is 0 Å². The fourth-order valence-electron chi connectivity index (χ4n) is 3.96. The van der Waals surface area contributed by atoms with Gasteiger partial charge in [0.25, 0.3) is 5.89 Å². The molecule has 3 aromatic heterocycles. The van der Waals surface area contributed by atoms with Crippen molar-refractivity contribution < 1.29 is 9.32 Å². The van der Waals surface area contributed by atoms with E-state index in [0.717, 1.165) is 27.9 Å². The van der Waals surface area contributed by atoms with Gasteiger partial charge in [0, 0.05) is 23.1 Å². The number of aromatic nitrogens is 4. The first-order chi connectivity index (χ1) is 17.3. The van der Waals surface area contributed by atoms with Crippen molar-refractivity contribution in [1.29, 1.82) is 0 Å². The Morgan fingerprint density at radius 1 is 0.944 bits per heavy atom. The molecular weight excluding hydrogens is 454 g/mol. The molecule has 0 aliphatic rings. The Morgan fingerprint density at radius 3 is 2.47 bits per heavy atom. The van der Waals surface area contributed by atoms with Crippen LogP contribution in [0.25, 0.3) is 33.9 Å². The second-order valence-corrected chi connectivity index (χ2v) is 8.96. The lowest BCUT2D eigenvalue weighted by molar-refractivity contribution is -0.116. The summed E-state index contributed by atoms with van der Waals surface area (Å²) in [4.78, 5) is 35.3. The van der Waals surface area contributed by atoms with E-state index in [1.54, 1.807) is 22.9 Å². The number of carbonyl (C=O) groups is 1. The number of anilines is 1. The maximum Gasteiger partial charge on any atom is 0.263 e. The van der Waals surface area contributed by atoms with Gasteiger partial charge >= 0.3 is 0 Å². The van der Waals surface area contributed by atoms with Crippen LogP contribution in [0.1, 0.15) is 22.4 Å². The standard InChI is InChI=1S/C28H25N5O3/c1-16-5-9-20(10-6-16)26-31-28(36-32-26)23-14-33(27-22(25(23)35)12-8-19(4)29-27)15-24(34)30-21-11-7-17(2)18(3)13-21/h5-14H,15H2,1-4H3,(H,30,34). The van der Waals surface area contributed by atoms with Crippen molar-refractivity contribution in [2.75, 3.05) is 5.32 Å². The van der Waals surface area contributed by atoms with Crippen molar-refractivity contribution >= 4 is 22.6 Å². The zero-order valence-corrected chi connectivity index (χ0v) is 20.5. The highest BCUT2D eigenvalue weighted by Crippen LogP contribution is 2.23. The van der Waals surface area contributed by atoms with Gasteiger partial charge in [-0.05, 0) is 63.1 Å². The Morgan fingerprint density at radius 2 is 1.72 bits per heavy atom. The van der Waals surface area contributed by atoms with Gasteiger partial charge in [-0.15, -0.1) is 0 Å². The maximum atomic E-state index is 13.3. The average Bonchev–Trinajstić information content (AvgIpc) is 3.33. The molecule has 5 rings (SSSR count). The van der Waals surface area contributed by atoms with Crippen molar-refractivity contribution in [3.05, 3.63) is 93.4 Å². The number of carbonyl (C=O) groups excluding carboxylic acids is 1. The quantitative estimate of drug-likeness (QED) is 0.381. The lowest BCUT2D eigenvalue weighted by Gasteiger charge is -2.13. The SMILES string of the molecule is Cc1ccc(-c2noc(-c3cn(CC(=O)Nc4ccc(C)c(C)c4)c4nc(C)ccc4c3=O)n2)cc1. The molecule has 0 saturated heterocycles. The molecule has 0 aliphatic heterocycles. The van der Waals surface area contributed by atoms with Crippen molar-refractivity contribution in [2.24, 2.45) is 0 Å². The van der Waals surface area contributed by atoms with E-state index in [-0.39, 0.29) is 29.3 Å². The Hall–Kier alpha value is -4.59. The summed E-state index contributed by atoms with van der Waals surface area (Å²) in [6.45, 7) is 7.79. The number of pyridine rings is 2. The van der Waals surface area contributed by atoms with Crippen LogP contribution in [0.2, 0.25) is 0 Å². The Balaban J connectivity index is 1.54. The summed E-state index contributed by atoms with van der Waals surface area (Å²) < 4.78 is 7.12. The molecule has 1 N–H and O–H groups in total. The second-order valence-electron chi connectivity index (χ2n) is 8.96. The lowest BCUT2D eigenvalue weighted by Crippen LogP contribution is -2.22. The van der Waals surface area contributed by atoms with Crippen molar-refractivity contribution in [3.63, 3.8) is 0 Å². The molecule has 8 heteroatoms. The second kappa shape index (κ2) is 9.22. The Kier molecular flexibility index (Phi) is 5.93. The molecule has 0 aliphatic carbocycles. The first-order valence-electron chi connectivity index (χ1n) is 11.6. The zero-order chi connectivity index (χ0) is 25.4. The average molecular weight is 480 g/mol. The van der Waals surface area contributed by atoms with E-state index in [1.807, 2.05) is 70.2 Å². The van der Waals surface area contributed by atoms with E-state index in [0.29, 0.717) is 22.5 Å². The minimum absolute atomic E-state index is 0.0495. The van der Waals surface area contributed by atoms with E-state index in [2.05, 4.69) is 20.4 Å². The highest BCUT2D eigenvalue weighted by atomic mass is 16.5. The van der Waals surface area contributed by atoms with Gasteiger partial charge in [-0.2, -0.15) is 4.98 Å². The van der Waals surface area contributed by atoms with Gasteiger partial charge in [0.15, 0.2) is 0 Å². The van der Waals surface area contributed by atoms with E-state index in [1.165, 1.54) is 0 Å². The zero-order valence-electron chi connectivity index (χ0n) is 20.5. The van der Waals surface area contributed by atoms with E-state index in [9.17, 15) is 9.59 Å². The van der Waals surface area contributed by atoms with Crippen molar-refractivity contribution in [3.8, 4) is 22.8 Å². The molecule has 36 heavy (non-hydrogen) atoms. The van der Waals surface area contributed by atoms with Gasteiger partial charge in [0.05, 0.1) is 5.39 Å². The third-order valence-corrected chi connectivity index (χ3v) is 6.13. The monoisotopic (exact) mass is 479 g/mol. The smallest absolute Gasteiger partial charge is 0.263 e. The van der Waals surface area contributed by atoms with Crippen LogP contribution in [0.5, 0.6) is 0 Å². The van der Waals surface area contributed by atoms with Crippen molar-refractivity contribution in [2.45, 2.75) is 34.2 Å². The minimum atomic E-state index is -0.289. The predicted octanol–water partition coefficient (Wildman–Crippen LogP) is 4.99. The van der Waals surface area contributed by atoms with Gasteiger partial charge in [-0.1, -0.05) is 41.1 Å². The number of hydrogen-bond acceptors (Lipinski definition) is 6. The molecule has 180 valence electrons. The molecule has 8 nitrogen and oxygen atoms in total. The molecule has 0 saturated carbocycles. The lowest BCUT2D eigenvalue weighted by atomic mass is 10.1. The van der Waals surface area contributed by atoms with Gasteiger partial charge in [-0.25, -0.2) is 4.98 Å². The number of nitrogens with zero attached hydrogens (tertiary/aromatic N) is 4. The van der Waals surface area contributed by atoms with Crippen LogP contribution in [0.4, 0.5) is 5.69 Å². The summed E-state index contributed by atoms with van der Waals surface area (Å²) in [5, 5.41) is 7.35. The number of nitrogens with one attached hydrogen (secondary N) is 1. The van der Waals surface area contributed by atoms with Gasteiger partial charge in [-0.3, -0.25) is 9.59 Å². The van der Waals surface area contributed by atoms with Crippen LogP contribution < -0.4 is 10.7 Å². The van der Waals surface area contributed by atoms with Crippen LogP contribution in [-0.2, 0) is 11.3 Å². The Labute approximate surface area is 207 Å². The molecule has 0 radical (unpaired) electrons. The first kappa shape index (κ1) is 23.2. The van der Waals surface area contributed by atoms with Gasteiger partial charge < -0.3 is 14.4 Å². The highest BCUT2D eigenvalue weighted by Gasteiger charge is 2.19. The fourth-order valence-corrected chi connectivity index (χ4v) is 3.96. The molecule has 0 bridgehead atoms. The number of aryl methyl sites for hydroxylation is 4. The normalized spacial score (nSPS) is 11.1. The molecular formula is C28H25N5O3. The summed E-state index contributed by atoms with van der Waals surface area (Å²) in [5.74, 6) is 0.218. The molecule has 0 atom stereocenters. The first-order valence-corrected chi connectivity index (χ1v) is 11.6.